The summed E-state index contributed by atoms with van der Waals surface area (Å²) in [6.07, 6.45) is 5.65. The van der Waals surface area contributed by atoms with E-state index < -0.39 is 0 Å². The number of carbonyl (C=O) groups excluding carboxylic acids is 1. The van der Waals surface area contributed by atoms with Gasteiger partial charge in [-0.05, 0) is 56.8 Å². The van der Waals surface area contributed by atoms with E-state index in [2.05, 4.69) is 15.2 Å². The number of ether oxygens (including phenoxy) is 1. The second-order valence-corrected chi connectivity index (χ2v) is 7.63. The van der Waals surface area contributed by atoms with Gasteiger partial charge < -0.3 is 20.1 Å². The molecule has 2 aliphatic rings. The first-order valence-corrected chi connectivity index (χ1v) is 9.75. The van der Waals surface area contributed by atoms with Crippen molar-refractivity contribution in [3.8, 4) is 0 Å². The number of nitrogens with zero attached hydrogens (tertiary/aromatic N) is 2. The third-order valence-corrected chi connectivity index (χ3v) is 5.77. The average Bonchev–Trinajstić information content (AvgIpc) is 2.64. The average molecular weight is 361 g/mol. The monoisotopic (exact) mass is 361 g/mol. The smallest absolute Gasteiger partial charge is 0.223 e. The molecule has 2 N–H and O–H groups in total. The zero-order chi connectivity index (χ0) is 18.4. The molecule has 1 amide bonds. The summed E-state index contributed by atoms with van der Waals surface area (Å²) in [5.41, 5.74) is 0.994. The summed E-state index contributed by atoms with van der Waals surface area (Å²) in [5, 5.41) is 13.0. The molecule has 0 aromatic carbocycles. The molecular weight excluding hydrogens is 330 g/mol. The minimum atomic E-state index is -0.216. The molecule has 1 aliphatic carbocycles. The van der Waals surface area contributed by atoms with Crippen LogP contribution in [0.1, 0.15) is 31.4 Å². The number of piperidine rings is 1. The highest BCUT2D eigenvalue weighted by atomic mass is 16.5. The van der Waals surface area contributed by atoms with E-state index in [0.29, 0.717) is 5.92 Å². The van der Waals surface area contributed by atoms with E-state index in [1.165, 1.54) is 0 Å². The minimum Gasteiger partial charge on any atom is -0.393 e. The Morgan fingerprint density at radius 1 is 1.38 bits per heavy atom. The van der Waals surface area contributed by atoms with E-state index in [4.69, 9.17) is 4.74 Å². The van der Waals surface area contributed by atoms with Gasteiger partial charge in [0.25, 0.3) is 0 Å². The molecule has 0 unspecified atom stereocenters. The van der Waals surface area contributed by atoms with Crippen LogP contribution in [0.25, 0.3) is 0 Å². The third kappa shape index (κ3) is 5.25. The van der Waals surface area contributed by atoms with Crippen LogP contribution in [-0.4, -0.2) is 66.4 Å². The van der Waals surface area contributed by atoms with E-state index in [1.54, 1.807) is 13.3 Å². The van der Waals surface area contributed by atoms with Gasteiger partial charge in [0.15, 0.2) is 0 Å². The van der Waals surface area contributed by atoms with Gasteiger partial charge in [-0.2, -0.15) is 0 Å². The zero-order valence-corrected chi connectivity index (χ0v) is 15.6. The topological polar surface area (TPSA) is 74.7 Å². The fourth-order valence-electron chi connectivity index (χ4n) is 3.98. The van der Waals surface area contributed by atoms with Crippen molar-refractivity contribution in [1.29, 1.82) is 0 Å². The SMILES string of the molecule is COCCN1CCC(C(=O)N[C@@H](Cc2ccccn2)C2CC(O)C2)CC1. The summed E-state index contributed by atoms with van der Waals surface area (Å²) in [4.78, 5) is 19.6. The maximum atomic E-state index is 12.8. The maximum Gasteiger partial charge on any atom is 0.223 e. The Labute approximate surface area is 155 Å². The molecule has 3 rings (SSSR count). The number of hydrogen-bond acceptors (Lipinski definition) is 5. The summed E-state index contributed by atoms with van der Waals surface area (Å²) in [5.74, 6) is 0.599. The van der Waals surface area contributed by atoms with Crippen LogP contribution in [0.5, 0.6) is 0 Å². The summed E-state index contributed by atoms with van der Waals surface area (Å²) in [6.45, 7) is 3.59. The van der Waals surface area contributed by atoms with E-state index >= 15 is 0 Å². The van der Waals surface area contributed by atoms with E-state index in [-0.39, 0.29) is 24.0 Å². The molecule has 0 bridgehead atoms. The highest BCUT2D eigenvalue weighted by Gasteiger charge is 2.36. The molecular formula is C20H31N3O3. The lowest BCUT2D eigenvalue weighted by Gasteiger charge is -2.39. The lowest BCUT2D eigenvalue weighted by Crippen LogP contribution is -2.51. The van der Waals surface area contributed by atoms with Crippen LogP contribution in [0.15, 0.2) is 24.4 Å². The zero-order valence-electron chi connectivity index (χ0n) is 15.6. The lowest BCUT2D eigenvalue weighted by molar-refractivity contribution is -0.128. The second-order valence-electron chi connectivity index (χ2n) is 7.63. The molecule has 0 spiro atoms. The Kier molecular flexibility index (Phi) is 7.00. The highest BCUT2D eigenvalue weighted by Crippen LogP contribution is 2.32. The molecule has 0 radical (unpaired) electrons. The van der Waals surface area contributed by atoms with Gasteiger partial charge in [0.1, 0.15) is 0 Å². The molecule has 1 atom stereocenters. The Balaban J connectivity index is 1.52. The number of aliphatic hydroxyl groups excluding tert-OH is 1. The van der Waals surface area contributed by atoms with Crippen molar-refractivity contribution >= 4 is 5.91 Å². The molecule has 6 heteroatoms. The first kappa shape index (κ1) is 19.3. The van der Waals surface area contributed by atoms with Crippen molar-refractivity contribution in [2.75, 3.05) is 33.4 Å². The summed E-state index contributed by atoms with van der Waals surface area (Å²) < 4.78 is 5.13. The van der Waals surface area contributed by atoms with E-state index in [9.17, 15) is 9.90 Å². The van der Waals surface area contributed by atoms with Crippen LogP contribution in [0.4, 0.5) is 0 Å². The van der Waals surface area contributed by atoms with Gasteiger partial charge in [0.05, 0.1) is 12.7 Å². The number of rotatable bonds is 8. The molecule has 1 aromatic rings. The molecule has 2 fully saturated rings. The lowest BCUT2D eigenvalue weighted by atomic mass is 9.75. The molecule has 1 saturated carbocycles. The predicted molar refractivity (Wildman–Crippen MR) is 99.6 cm³/mol. The van der Waals surface area contributed by atoms with Gasteiger partial charge in [-0.3, -0.25) is 9.78 Å². The fraction of sp³-hybridized carbons (Fsp3) is 0.700. The van der Waals surface area contributed by atoms with Crippen LogP contribution in [-0.2, 0) is 16.0 Å². The van der Waals surface area contributed by atoms with Crippen molar-refractivity contribution in [3.05, 3.63) is 30.1 Å². The number of hydrogen-bond donors (Lipinski definition) is 2. The Hall–Kier alpha value is -1.50. The Morgan fingerprint density at radius 3 is 2.77 bits per heavy atom. The second kappa shape index (κ2) is 9.44. The van der Waals surface area contributed by atoms with Gasteiger partial charge in [-0.1, -0.05) is 6.07 Å². The molecule has 6 nitrogen and oxygen atoms in total. The van der Waals surface area contributed by atoms with Crippen LogP contribution in [0.3, 0.4) is 0 Å². The first-order chi connectivity index (χ1) is 12.7. The number of pyridine rings is 1. The summed E-state index contributed by atoms with van der Waals surface area (Å²) >= 11 is 0. The van der Waals surface area contributed by atoms with E-state index in [1.807, 2.05) is 18.2 Å². The molecule has 26 heavy (non-hydrogen) atoms. The first-order valence-electron chi connectivity index (χ1n) is 9.75. The quantitative estimate of drug-likeness (QED) is 0.729. The third-order valence-electron chi connectivity index (χ3n) is 5.77. The number of amides is 1. The maximum absolute atomic E-state index is 12.8. The van der Waals surface area contributed by atoms with Crippen LogP contribution < -0.4 is 5.32 Å². The van der Waals surface area contributed by atoms with Crippen molar-refractivity contribution in [1.82, 2.24) is 15.2 Å². The highest BCUT2D eigenvalue weighted by molar-refractivity contribution is 5.79. The number of aromatic nitrogens is 1. The number of likely N-dealkylation sites (tertiary alicyclic amines) is 1. The minimum absolute atomic E-state index is 0.0623. The standard InChI is InChI=1S/C20H31N3O3/c1-26-11-10-23-8-5-15(6-9-23)20(25)22-19(16-12-18(24)13-16)14-17-4-2-3-7-21-17/h2-4,7,15-16,18-19,24H,5-6,8-14H2,1H3,(H,22,25)/t16?,18?,19-/m0/s1. The largest absolute Gasteiger partial charge is 0.393 e. The molecule has 1 aliphatic heterocycles. The van der Waals surface area contributed by atoms with Crippen molar-refractivity contribution in [2.45, 2.75) is 44.2 Å². The van der Waals surface area contributed by atoms with Crippen molar-refractivity contribution < 1.29 is 14.6 Å². The molecule has 144 valence electrons. The van der Waals surface area contributed by atoms with E-state index in [0.717, 1.165) is 64.0 Å². The van der Waals surface area contributed by atoms with Crippen LogP contribution >= 0.6 is 0 Å². The van der Waals surface area contributed by atoms with Crippen molar-refractivity contribution in [3.63, 3.8) is 0 Å². The van der Waals surface area contributed by atoms with Crippen molar-refractivity contribution in [2.24, 2.45) is 11.8 Å². The van der Waals surface area contributed by atoms with Crippen LogP contribution in [0, 0.1) is 11.8 Å². The number of methoxy groups -OCH3 is 1. The molecule has 1 saturated heterocycles. The Bertz CT molecular complexity index is 555. The molecule has 2 heterocycles. The number of carbonyl (C=O) groups is 1. The fourth-order valence-corrected chi connectivity index (χ4v) is 3.98. The summed E-state index contributed by atoms with van der Waals surface area (Å²) in [6, 6.07) is 5.95. The summed E-state index contributed by atoms with van der Waals surface area (Å²) in [7, 11) is 1.72. The van der Waals surface area contributed by atoms with Gasteiger partial charge in [-0.15, -0.1) is 0 Å². The van der Waals surface area contributed by atoms with Gasteiger partial charge >= 0.3 is 0 Å². The molecule has 1 aromatic heterocycles. The Morgan fingerprint density at radius 2 is 2.15 bits per heavy atom. The van der Waals surface area contributed by atoms with Gasteiger partial charge in [-0.25, -0.2) is 0 Å². The normalized spacial score (nSPS) is 25.5. The van der Waals surface area contributed by atoms with Gasteiger partial charge in [0, 0.05) is 43.9 Å². The number of nitrogens with one attached hydrogen (secondary N) is 1. The number of aliphatic hydroxyl groups is 1. The van der Waals surface area contributed by atoms with Gasteiger partial charge in [0.2, 0.25) is 5.91 Å². The predicted octanol–water partition coefficient (Wildman–Crippen LogP) is 1.24. The van der Waals surface area contributed by atoms with Crippen LogP contribution in [0.2, 0.25) is 0 Å².